The molecule has 2 aliphatic heterocycles. The molecule has 1 fully saturated rings. The van der Waals surface area contributed by atoms with Gasteiger partial charge in [-0.1, -0.05) is 18.2 Å². The van der Waals surface area contributed by atoms with Crippen molar-refractivity contribution >= 4 is 38.7 Å². The Hall–Kier alpha value is -2.37. The van der Waals surface area contributed by atoms with E-state index < -0.39 is 0 Å². The van der Waals surface area contributed by atoms with E-state index in [0.717, 1.165) is 51.3 Å². The van der Waals surface area contributed by atoms with E-state index in [0.29, 0.717) is 6.42 Å². The lowest BCUT2D eigenvalue weighted by Gasteiger charge is -2.36. The number of aryl methyl sites for hydroxylation is 1. The third-order valence-corrected chi connectivity index (χ3v) is 6.85. The number of hydrogen-bond donors (Lipinski definition) is 1. The first-order valence-electron chi connectivity index (χ1n) is 10.1. The molecule has 0 radical (unpaired) electrons. The Balaban J connectivity index is 1.18. The summed E-state index contributed by atoms with van der Waals surface area (Å²) >= 11 is 1.82. The SMILES string of the molecule is O=C1CCc2cc(CCN3CCN(c4cccc5sccc45)CC3)ccc2N1. The molecule has 1 amide bonds. The summed E-state index contributed by atoms with van der Waals surface area (Å²) in [6.45, 7) is 5.50. The van der Waals surface area contributed by atoms with E-state index >= 15 is 0 Å². The highest BCUT2D eigenvalue weighted by Crippen LogP contribution is 2.31. The molecule has 2 aromatic carbocycles. The van der Waals surface area contributed by atoms with Crippen molar-refractivity contribution in [2.75, 3.05) is 42.9 Å². The summed E-state index contributed by atoms with van der Waals surface area (Å²) < 4.78 is 1.38. The Labute approximate surface area is 169 Å². The Morgan fingerprint density at radius 2 is 1.89 bits per heavy atom. The molecule has 0 bridgehead atoms. The summed E-state index contributed by atoms with van der Waals surface area (Å²) in [4.78, 5) is 16.6. The molecule has 0 aliphatic carbocycles. The highest BCUT2D eigenvalue weighted by molar-refractivity contribution is 7.17. The molecule has 1 N–H and O–H groups in total. The molecule has 5 rings (SSSR count). The normalized spacial score (nSPS) is 17.6. The van der Waals surface area contributed by atoms with Crippen molar-refractivity contribution in [3.63, 3.8) is 0 Å². The predicted molar refractivity (Wildman–Crippen MR) is 118 cm³/mol. The smallest absolute Gasteiger partial charge is 0.224 e. The number of thiophene rings is 1. The quantitative estimate of drug-likeness (QED) is 0.726. The molecule has 28 heavy (non-hydrogen) atoms. The van der Waals surface area contributed by atoms with Gasteiger partial charge in [0.25, 0.3) is 0 Å². The van der Waals surface area contributed by atoms with Gasteiger partial charge in [0.2, 0.25) is 5.91 Å². The zero-order valence-electron chi connectivity index (χ0n) is 16.0. The molecular formula is C23H25N3OS. The van der Waals surface area contributed by atoms with Crippen molar-refractivity contribution in [3.8, 4) is 0 Å². The lowest BCUT2D eigenvalue weighted by molar-refractivity contribution is -0.116. The van der Waals surface area contributed by atoms with Gasteiger partial charge in [-0.3, -0.25) is 9.69 Å². The highest BCUT2D eigenvalue weighted by Gasteiger charge is 2.19. The molecule has 0 spiro atoms. The number of fused-ring (bicyclic) bond motifs is 2. The molecule has 3 aromatic rings. The fourth-order valence-corrected chi connectivity index (χ4v) is 5.15. The van der Waals surface area contributed by atoms with Crippen LogP contribution in [0.2, 0.25) is 0 Å². The minimum atomic E-state index is 0.135. The Morgan fingerprint density at radius 3 is 2.79 bits per heavy atom. The van der Waals surface area contributed by atoms with Crippen molar-refractivity contribution in [1.29, 1.82) is 0 Å². The summed E-state index contributed by atoms with van der Waals surface area (Å²) in [5.74, 6) is 0.135. The number of carbonyl (C=O) groups excluding carboxylic acids is 1. The second-order valence-corrected chi connectivity index (χ2v) is 8.68. The van der Waals surface area contributed by atoms with Gasteiger partial charge < -0.3 is 10.2 Å². The number of amides is 1. The fourth-order valence-electron chi connectivity index (χ4n) is 4.35. The maximum absolute atomic E-state index is 11.5. The van der Waals surface area contributed by atoms with Gasteiger partial charge in [0, 0.05) is 60.6 Å². The number of carbonyl (C=O) groups is 1. The molecule has 0 unspecified atom stereocenters. The number of benzene rings is 2. The van der Waals surface area contributed by atoms with Crippen LogP contribution in [0.5, 0.6) is 0 Å². The van der Waals surface area contributed by atoms with Crippen LogP contribution in [0.1, 0.15) is 17.5 Å². The summed E-state index contributed by atoms with van der Waals surface area (Å²) in [6, 6.07) is 15.4. The largest absolute Gasteiger partial charge is 0.368 e. The van der Waals surface area contributed by atoms with E-state index in [4.69, 9.17) is 0 Å². The standard InChI is InChI=1S/C23H25N3OS/c27-23-7-5-18-16-17(4-6-20(18)24-23)8-10-25-11-13-26(14-12-25)21-2-1-3-22-19(21)9-15-28-22/h1-4,6,9,15-16H,5,7-8,10-14H2,(H,24,27). The average molecular weight is 392 g/mol. The second kappa shape index (κ2) is 7.57. The summed E-state index contributed by atoms with van der Waals surface area (Å²) in [5, 5.41) is 6.55. The van der Waals surface area contributed by atoms with Crippen molar-refractivity contribution in [3.05, 3.63) is 59.0 Å². The van der Waals surface area contributed by atoms with Crippen molar-refractivity contribution < 1.29 is 4.79 Å². The minimum Gasteiger partial charge on any atom is -0.368 e. The Morgan fingerprint density at radius 1 is 1.00 bits per heavy atom. The van der Waals surface area contributed by atoms with Gasteiger partial charge in [0.05, 0.1) is 0 Å². The monoisotopic (exact) mass is 391 g/mol. The van der Waals surface area contributed by atoms with Crippen LogP contribution in [0.25, 0.3) is 10.1 Å². The zero-order valence-corrected chi connectivity index (χ0v) is 16.8. The lowest BCUT2D eigenvalue weighted by atomic mass is 9.99. The van der Waals surface area contributed by atoms with Crippen LogP contribution in [0, 0.1) is 0 Å². The number of rotatable bonds is 4. The lowest BCUT2D eigenvalue weighted by Crippen LogP contribution is -2.47. The van der Waals surface area contributed by atoms with Gasteiger partial charge in [-0.2, -0.15) is 0 Å². The molecule has 144 valence electrons. The molecule has 1 aromatic heterocycles. The maximum Gasteiger partial charge on any atom is 0.224 e. The molecule has 1 saturated heterocycles. The van der Waals surface area contributed by atoms with Gasteiger partial charge in [0.1, 0.15) is 0 Å². The van der Waals surface area contributed by atoms with Crippen LogP contribution in [0.15, 0.2) is 47.8 Å². The summed E-state index contributed by atoms with van der Waals surface area (Å²) in [6.07, 6.45) is 2.54. The van der Waals surface area contributed by atoms with Crippen LogP contribution in [0.4, 0.5) is 11.4 Å². The second-order valence-electron chi connectivity index (χ2n) is 7.73. The molecule has 3 heterocycles. The van der Waals surface area contributed by atoms with Crippen LogP contribution in [-0.4, -0.2) is 43.5 Å². The van der Waals surface area contributed by atoms with Crippen LogP contribution >= 0.6 is 11.3 Å². The number of anilines is 2. The van der Waals surface area contributed by atoms with Gasteiger partial charge in [-0.25, -0.2) is 0 Å². The maximum atomic E-state index is 11.5. The van der Waals surface area contributed by atoms with Gasteiger partial charge >= 0.3 is 0 Å². The Bertz CT molecular complexity index is 1000. The van der Waals surface area contributed by atoms with Crippen molar-refractivity contribution in [2.45, 2.75) is 19.3 Å². The number of nitrogens with zero attached hydrogens (tertiary/aromatic N) is 2. The van der Waals surface area contributed by atoms with E-state index in [1.165, 1.54) is 26.9 Å². The predicted octanol–water partition coefficient (Wildman–Crippen LogP) is 4.15. The molecular weight excluding hydrogens is 366 g/mol. The molecule has 4 nitrogen and oxygen atoms in total. The minimum absolute atomic E-state index is 0.135. The third kappa shape index (κ3) is 3.52. The van der Waals surface area contributed by atoms with E-state index in [1.54, 1.807) is 0 Å². The van der Waals surface area contributed by atoms with E-state index in [2.05, 4.69) is 63.0 Å². The van der Waals surface area contributed by atoms with Crippen molar-refractivity contribution in [1.82, 2.24) is 4.90 Å². The van der Waals surface area contributed by atoms with Crippen LogP contribution in [-0.2, 0) is 17.6 Å². The first-order chi connectivity index (χ1) is 13.8. The molecule has 5 heteroatoms. The topological polar surface area (TPSA) is 35.6 Å². The molecule has 0 saturated carbocycles. The van der Waals surface area contributed by atoms with Gasteiger partial charge in [-0.15, -0.1) is 11.3 Å². The van der Waals surface area contributed by atoms with E-state index in [9.17, 15) is 4.79 Å². The third-order valence-electron chi connectivity index (χ3n) is 5.97. The first-order valence-corrected chi connectivity index (χ1v) is 11.0. The van der Waals surface area contributed by atoms with Gasteiger partial charge in [-0.05, 0) is 53.6 Å². The van der Waals surface area contributed by atoms with E-state index in [1.807, 2.05) is 11.3 Å². The fraction of sp³-hybridized carbons (Fsp3) is 0.348. The summed E-state index contributed by atoms with van der Waals surface area (Å²) in [5.41, 5.74) is 5.04. The highest BCUT2D eigenvalue weighted by atomic mass is 32.1. The first kappa shape index (κ1) is 17.7. The average Bonchev–Trinajstić information content (AvgIpc) is 3.21. The van der Waals surface area contributed by atoms with Crippen LogP contribution < -0.4 is 10.2 Å². The number of nitrogens with one attached hydrogen (secondary N) is 1. The number of piperazine rings is 1. The summed E-state index contributed by atoms with van der Waals surface area (Å²) in [7, 11) is 0. The molecule has 2 aliphatic rings. The molecule has 0 atom stereocenters. The number of hydrogen-bond acceptors (Lipinski definition) is 4. The van der Waals surface area contributed by atoms with Crippen LogP contribution in [0.3, 0.4) is 0 Å². The zero-order chi connectivity index (χ0) is 18.9. The Kier molecular flexibility index (Phi) is 4.79. The van der Waals surface area contributed by atoms with E-state index in [-0.39, 0.29) is 5.91 Å². The van der Waals surface area contributed by atoms with Crippen molar-refractivity contribution in [2.24, 2.45) is 0 Å². The van der Waals surface area contributed by atoms with Gasteiger partial charge in [0.15, 0.2) is 0 Å².